The van der Waals surface area contributed by atoms with E-state index in [1.54, 1.807) is 0 Å². The molecule has 2 heterocycles. The van der Waals surface area contributed by atoms with Crippen LogP contribution in [-0.4, -0.2) is 38.5 Å². The molecule has 37 heavy (non-hydrogen) atoms. The van der Waals surface area contributed by atoms with Crippen molar-refractivity contribution >= 4 is 21.3 Å². The number of fused-ring (bicyclic) bond motifs is 1. The third kappa shape index (κ3) is 5.59. The molecule has 2 atom stereocenters. The van der Waals surface area contributed by atoms with Gasteiger partial charge >= 0.3 is 6.36 Å². The molecule has 1 aliphatic heterocycles. The first-order valence-corrected chi connectivity index (χ1v) is 12.6. The van der Waals surface area contributed by atoms with E-state index in [1.807, 2.05) is 20.8 Å². The van der Waals surface area contributed by atoms with Crippen LogP contribution in [0.3, 0.4) is 0 Å². The van der Waals surface area contributed by atoms with E-state index in [0.717, 1.165) is 23.1 Å². The third-order valence-electron chi connectivity index (χ3n) is 5.49. The second-order valence-corrected chi connectivity index (χ2v) is 11.7. The summed E-state index contributed by atoms with van der Waals surface area (Å²) >= 11 is 0. The molecule has 1 amide bonds. The van der Waals surface area contributed by atoms with E-state index in [4.69, 9.17) is 14.9 Å². The quantitative estimate of drug-likeness (QED) is 0.469. The average Bonchev–Trinajstić information content (AvgIpc) is 3.25. The Kier molecular flexibility index (Phi) is 6.53. The first kappa shape index (κ1) is 26.5. The number of carbonyl (C=O) groups is 1. The molecule has 9 nitrogen and oxygen atoms in total. The predicted octanol–water partition coefficient (Wildman–Crippen LogP) is 4.35. The molecule has 14 heteroatoms. The summed E-state index contributed by atoms with van der Waals surface area (Å²) in [5, 5.41) is 7.84. The van der Waals surface area contributed by atoms with Crippen LogP contribution >= 0.6 is 0 Å². The van der Waals surface area contributed by atoms with E-state index >= 15 is 4.39 Å². The molecule has 3 N–H and O–H groups in total. The number of rotatable bonds is 4. The van der Waals surface area contributed by atoms with Crippen LogP contribution in [0.1, 0.15) is 32.2 Å². The number of benzene rings is 2. The molecule has 4 rings (SSSR count). The Bertz CT molecular complexity index is 1450. The molecule has 0 spiro atoms. The van der Waals surface area contributed by atoms with Crippen molar-refractivity contribution in [2.75, 3.05) is 10.7 Å². The second kappa shape index (κ2) is 9.10. The van der Waals surface area contributed by atoms with Gasteiger partial charge in [0, 0.05) is 5.41 Å². The Balaban J connectivity index is 1.80. The number of halogens is 4. The molecule has 0 bridgehead atoms. The highest BCUT2D eigenvalue weighted by Gasteiger charge is 2.36. The Labute approximate surface area is 209 Å². The largest absolute Gasteiger partial charge is 0.573 e. The summed E-state index contributed by atoms with van der Waals surface area (Å²) in [4.78, 5) is 14.1. The second-order valence-electron chi connectivity index (χ2n) is 9.53. The van der Waals surface area contributed by atoms with Crippen LogP contribution in [0.2, 0.25) is 0 Å². The first-order valence-electron chi connectivity index (χ1n) is 10.9. The van der Waals surface area contributed by atoms with Gasteiger partial charge in [0.05, 0.1) is 44.2 Å². The smallest absolute Gasteiger partial charge is 0.420 e. The molecular weight excluding hydrogens is 518 g/mol. The average molecular weight is 542 g/mol. The maximum Gasteiger partial charge on any atom is 0.573 e. The molecule has 2 aromatic carbocycles. The summed E-state index contributed by atoms with van der Waals surface area (Å²) in [6.07, 6.45) is -4.87. The predicted molar refractivity (Wildman–Crippen MR) is 125 cm³/mol. The van der Waals surface area contributed by atoms with Gasteiger partial charge in [0.2, 0.25) is 11.8 Å². The Morgan fingerprint density at radius 3 is 2.41 bits per heavy atom. The highest BCUT2D eigenvalue weighted by Crippen LogP contribution is 2.38. The molecule has 0 saturated carbocycles. The minimum Gasteiger partial charge on any atom is -0.420 e. The van der Waals surface area contributed by atoms with E-state index in [-0.39, 0.29) is 34.5 Å². The topological polar surface area (TPSA) is 135 Å². The number of ether oxygens (including phenoxy) is 1. The number of amides is 1. The molecule has 1 unspecified atom stereocenters. The number of hydrogen-bond acceptors (Lipinski definition) is 8. The summed E-state index contributed by atoms with van der Waals surface area (Å²) in [6, 6.07) is 5.49. The Morgan fingerprint density at radius 2 is 1.84 bits per heavy atom. The van der Waals surface area contributed by atoms with Crippen LogP contribution < -0.4 is 15.4 Å². The zero-order valence-electron chi connectivity index (χ0n) is 19.9. The van der Waals surface area contributed by atoms with Crippen molar-refractivity contribution in [2.45, 2.75) is 50.0 Å². The van der Waals surface area contributed by atoms with E-state index in [0.29, 0.717) is 5.56 Å². The Morgan fingerprint density at radius 1 is 1.19 bits per heavy atom. The highest BCUT2D eigenvalue weighted by molar-refractivity contribution is 7.92. The molecule has 0 radical (unpaired) electrons. The van der Waals surface area contributed by atoms with Gasteiger partial charge in [-0.05, 0) is 29.8 Å². The zero-order valence-corrected chi connectivity index (χ0v) is 20.7. The van der Waals surface area contributed by atoms with Crippen molar-refractivity contribution in [3.8, 4) is 17.2 Å². The maximum absolute atomic E-state index is 15.2. The third-order valence-corrected chi connectivity index (χ3v) is 7.35. The summed E-state index contributed by atoms with van der Waals surface area (Å²) in [7, 11) is -3.69. The lowest BCUT2D eigenvalue weighted by atomic mass is 9.97. The van der Waals surface area contributed by atoms with E-state index in [2.05, 4.69) is 14.9 Å². The summed E-state index contributed by atoms with van der Waals surface area (Å²) in [5.41, 5.74) is 5.55. The summed E-state index contributed by atoms with van der Waals surface area (Å²) < 4.78 is 83.7. The van der Waals surface area contributed by atoms with Gasteiger partial charge in [0.25, 0.3) is 5.89 Å². The number of carbonyl (C=O) groups excluding carboxylic acids is 1. The fraction of sp³-hybridized carbons (Fsp3) is 0.348. The van der Waals surface area contributed by atoms with Gasteiger partial charge < -0.3 is 19.8 Å². The Hall–Kier alpha value is -3.52. The maximum atomic E-state index is 15.2. The van der Waals surface area contributed by atoms with Crippen molar-refractivity contribution < 1.29 is 35.7 Å². The monoisotopic (exact) mass is 541 g/mol. The van der Waals surface area contributed by atoms with Gasteiger partial charge in [-0.2, -0.15) is 0 Å². The van der Waals surface area contributed by atoms with Gasteiger partial charge in [0.1, 0.15) is 11.6 Å². The SMILES string of the molecule is CC(C)(C)c1nnc(-c2cc3c(cc2F)S(=N)(=O)C[C@H](N)C(=O)N3Cc2ccc(OC(F)(F)F)cc2)o1. The van der Waals surface area contributed by atoms with Crippen molar-refractivity contribution in [2.24, 2.45) is 5.73 Å². The van der Waals surface area contributed by atoms with Crippen LogP contribution in [-0.2, 0) is 26.5 Å². The molecule has 0 saturated heterocycles. The van der Waals surface area contributed by atoms with E-state index in [1.165, 1.54) is 18.2 Å². The number of nitrogens with two attached hydrogens (primary N) is 1. The summed E-state index contributed by atoms with van der Waals surface area (Å²) in [6.45, 7) is 5.24. The lowest BCUT2D eigenvalue weighted by Crippen LogP contribution is -2.45. The van der Waals surface area contributed by atoms with Crippen molar-refractivity contribution in [3.05, 3.63) is 53.7 Å². The fourth-order valence-corrected chi connectivity index (χ4v) is 5.32. The molecule has 3 aromatic rings. The van der Waals surface area contributed by atoms with Crippen LogP contribution in [0.5, 0.6) is 5.75 Å². The van der Waals surface area contributed by atoms with E-state index < -0.39 is 50.8 Å². The van der Waals surface area contributed by atoms with Crippen molar-refractivity contribution in [3.63, 3.8) is 0 Å². The van der Waals surface area contributed by atoms with E-state index in [9.17, 15) is 22.2 Å². The summed E-state index contributed by atoms with van der Waals surface area (Å²) in [5.74, 6) is -2.54. The normalized spacial score (nSPS) is 20.5. The molecule has 1 aromatic heterocycles. The number of nitrogens with zero attached hydrogens (tertiary/aromatic N) is 3. The van der Waals surface area contributed by atoms with Crippen LogP contribution in [0.15, 0.2) is 45.7 Å². The number of aromatic nitrogens is 2. The lowest BCUT2D eigenvalue weighted by molar-refractivity contribution is -0.274. The minimum atomic E-state index is -4.87. The standard InChI is InChI=1S/C23H23F4N5O4S/c1-22(2,3)21-31-30-19(35-21)14-8-17-18(9-15(14)24)37(29,34)11-16(28)20(33)32(17)10-12-4-6-13(7-5-12)36-23(25,26)27/h4-9,16,29H,10-11,28H2,1-3H3/t16-,37?/m0/s1. The number of anilines is 1. The highest BCUT2D eigenvalue weighted by atomic mass is 32.2. The molecule has 0 aliphatic carbocycles. The van der Waals surface area contributed by atoms with Gasteiger partial charge in [-0.25, -0.2) is 13.4 Å². The van der Waals surface area contributed by atoms with Crippen molar-refractivity contribution in [1.29, 1.82) is 4.78 Å². The number of alkyl halides is 3. The molecule has 198 valence electrons. The zero-order chi connectivity index (χ0) is 27.3. The van der Waals surface area contributed by atoms with Crippen LogP contribution in [0.4, 0.5) is 23.2 Å². The van der Waals surface area contributed by atoms with Crippen LogP contribution in [0.25, 0.3) is 11.5 Å². The van der Waals surface area contributed by atoms with Gasteiger partial charge in [-0.1, -0.05) is 32.9 Å². The minimum absolute atomic E-state index is 0.0551. The number of nitrogens with one attached hydrogen (secondary N) is 1. The lowest BCUT2D eigenvalue weighted by Gasteiger charge is -2.25. The molecule has 0 fully saturated rings. The van der Waals surface area contributed by atoms with Crippen LogP contribution in [0, 0.1) is 10.6 Å². The first-order chi connectivity index (χ1) is 17.0. The van der Waals surface area contributed by atoms with Gasteiger partial charge in [-0.3, -0.25) is 4.79 Å². The van der Waals surface area contributed by atoms with Crippen molar-refractivity contribution in [1.82, 2.24) is 10.2 Å². The van der Waals surface area contributed by atoms with Gasteiger partial charge in [0.15, 0.2) is 0 Å². The fourth-order valence-electron chi connectivity index (χ4n) is 3.69. The van der Waals surface area contributed by atoms with Gasteiger partial charge in [-0.15, -0.1) is 23.4 Å². The molecule has 1 aliphatic rings. The molecular formula is C23H23F4N5O4S. The number of hydrogen-bond donors (Lipinski definition) is 2.